The van der Waals surface area contributed by atoms with Crippen molar-refractivity contribution in [2.24, 2.45) is 5.10 Å². The number of anilines is 1. The Hall–Kier alpha value is -2.35. The zero-order chi connectivity index (χ0) is 12.1. The van der Waals surface area contributed by atoms with Gasteiger partial charge in [0.25, 0.3) is 5.69 Å². The topological polar surface area (TPSA) is 93.3 Å². The number of rotatable bonds is 4. The average molecular weight is 249 g/mol. The van der Waals surface area contributed by atoms with Gasteiger partial charge in [-0.3, -0.25) is 15.5 Å². The molecule has 2 rings (SSSR count). The smallest absolute Gasteiger partial charge is 0.258 e. The van der Waals surface area contributed by atoms with Crippen LogP contribution in [-0.4, -0.2) is 21.3 Å². The molecule has 0 radical (unpaired) electrons. The lowest BCUT2D eigenvalue weighted by Crippen LogP contribution is -1.92. The quantitative estimate of drug-likeness (QED) is 0.507. The lowest BCUT2D eigenvalue weighted by Gasteiger charge is -1.94. The predicted octanol–water partition coefficient (Wildman–Crippen LogP) is 1.89. The summed E-state index contributed by atoms with van der Waals surface area (Å²) in [5.41, 5.74) is 4.91. The molecule has 0 unspecified atom stereocenters. The standard InChI is InChI=1S/C9H7N5O2S/c15-14(16)8-3-1-2-7(4-8)5-10-12-9-13-11-6-17-9/h1-6H,(H,12,13)/b10-5+. The maximum atomic E-state index is 10.5. The zero-order valence-electron chi connectivity index (χ0n) is 8.48. The first-order valence-electron chi connectivity index (χ1n) is 4.55. The van der Waals surface area contributed by atoms with Crippen LogP contribution in [0.1, 0.15) is 5.56 Å². The Morgan fingerprint density at radius 1 is 1.53 bits per heavy atom. The van der Waals surface area contributed by atoms with E-state index in [2.05, 4.69) is 20.7 Å². The highest BCUT2D eigenvalue weighted by Gasteiger charge is 2.03. The van der Waals surface area contributed by atoms with Crippen molar-refractivity contribution in [1.82, 2.24) is 10.2 Å². The van der Waals surface area contributed by atoms with E-state index in [9.17, 15) is 10.1 Å². The summed E-state index contributed by atoms with van der Waals surface area (Å²) in [6.45, 7) is 0. The summed E-state index contributed by atoms with van der Waals surface area (Å²) in [6.07, 6.45) is 1.48. The van der Waals surface area contributed by atoms with Crippen molar-refractivity contribution in [3.63, 3.8) is 0 Å². The minimum atomic E-state index is -0.449. The molecule has 0 bridgehead atoms. The number of nitro groups is 1. The van der Waals surface area contributed by atoms with Gasteiger partial charge in [0.1, 0.15) is 5.51 Å². The highest BCUT2D eigenvalue weighted by Crippen LogP contribution is 2.12. The highest BCUT2D eigenvalue weighted by atomic mass is 32.1. The summed E-state index contributed by atoms with van der Waals surface area (Å²) in [5, 5.41) is 22.4. The van der Waals surface area contributed by atoms with Gasteiger partial charge in [-0.1, -0.05) is 23.5 Å². The van der Waals surface area contributed by atoms with Gasteiger partial charge in [-0.25, -0.2) is 0 Å². The summed E-state index contributed by atoms with van der Waals surface area (Å²) in [5.74, 6) is 0. The molecule has 0 aliphatic rings. The zero-order valence-corrected chi connectivity index (χ0v) is 9.29. The lowest BCUT2D eigenvalue weighted by molar-refractivity contribution is -0.384. The molecule has 0 saturated heterocycles. The molecule has 1 heterocycles. The number of nitro benzene ring substituents is 1. The highest BCUT2D eigenvalue weighted by molar-refractivity contribution is 7.13. The van der Waals surface area contributed by atoms with Gasteiger partial charge in [0.15, 0.2) is 0 Å². The molecule has 1 N–H and O–H groups in total. The van der Waals surface area contributed by atoms with Crippen molar-refractivity contribution in [1.29, 1.82) is 0 Å². The first kappa shape index (κ1) is 11.1. The van der Waals surface area contributed by atoms with Crippen molar-refractivity contribution in [2.75, 3.05) is 5.43 Å². The molecule has 0 atom stereocenters. The SMILES string of the molecule is O=[N+]([O-])c1cccc(/C=N/Nc2nncs2)c1. The second-order valence-electron chi connectivity index (χ2n) is 2.97. The van der Waals surface area contributed by atoms with Crippen LogP contribution in [0, 0.1) is 10.1 Å². The minimum Gasteiger partial charge on any atom is -0.258 e. The van der Waals surface area contributed by atoms with Crippen molar-refractivity contribution >= 4 is 28.4 Å². The third-order valence-corrected chi connectivity index (χ3v) is 2.41. The molecule has 2 aromatic rings. The maximum absolute atomic E-state index is 10.5. The monoisotopic (exact) mass is 249 g/mol. The predicted molar refractivity (Wildman–Crippen MR) is 64.2 cm³/mol. The second kappa shape index (κ2) is 5.12. The number of hydrogen-bond acceptors (Lipinski definition) is 7. The summed E-state index contributed by atoms with van der Waals surface area (Å²) in [4.78, 5) is 10.1. The van der Waals surface area contributed by atoms with Crippen LogP contribution in [0.3, 0.4) is 0 Å². The van der Waals surface area contributed by atoms with Crippen LogP contribution in [0.25, 0.3) is 0 Å². The Morgan fingerprint density at radius 3 is 3.12 bits per heavy atom. The molecule has 0 fully saturated rings. The average Bonchev–Trinajstić information content (AvgIpc) is 2.82. The molecule has 0 saturated carbocycles. The van der Waals surface area contributed by atoms with Crippen LogP contribution in [0.5, 0.6) is 0 Å². The van der Waals surface area contributed by atoms with Gasteiger partial charge in [-0.2, -0.15) is 5.10 Å². The van der Waals surface area contributed by atoms with Crippen molar-refractivity contribution < 1.29 is 4.92 Å². The number of nitrogens with one attached hydrogen (secondary N) is 1. The first-order valence-corrected chi connectivity index (χ1v) is 5.43. The molecule has 7 nitrogen and oxygen atoms in total. The van der Waals surface area contributed by atoms with Gasteiger partial charge in [0, 0.05) is 17.7 Å². The summed E-state index contributed by atoms with van der Waals surface area (Å²) >= 11 is 1.31. The molecule has 17 heavy (non-hydrogen) atoms. The van der Waals surface area contributed by atoms with Crippen molar-refractivity contribution in [3.05, 3.63) is 45.5 Å². The molecular formula is C9H7N5O2S. The first-order chi connectivity index (χ1) is 8.25. The van der Waals surface area contributed by atoms with E-state index in [4.69, 9.17) is 0 Å². The van der Waals surface area contributed by atoms with E-state index in [1.807, 2.05) is 0 Å². The molecule has 1 aromatic heterocycles. The molecule has 1 aromatic carbocycles. The van der Waals surface area contributed by atoms with Crippen LogP contribution in [0.15, 0.2) is 34.9 Å². The largest absolute Gasteiger partial charge is 0.270 e. The van der Waals surface area contributed by atoms with Gasteiger partial charge in [-0.15, -0.1) is 10.2 Å². The summed E-state index contributed by atoms with van der Waals surface area (Å²) < 4.78 is 0. The number of non-ortho nitro benzene ring substituents is 1. The van der Waals surface area contributed by atoms with E-state index in [0.717, 1.165) is 0 Å². The molecule has 0 amide bonds. The van der Waals surface area contributed by atoms with E-state index in [-0.39, 0.29) is 5.69 Å². The van der Waals surface area contributed by atoms with Crippen molar-refractivity contribution in [2.45, 2.75) is 0 Å². The van der Waals surface area contributed by atoms with Gasteiger partial charge in [0.2, 0.25) is 5.13 Å². The lowest BCUT2D eigenvalue weighted by atomic mass is 10.2. The van der Waals surface area contributed by atoms with Crippen LogP contribution >= 0.6 is 11.3 Å². The number of hydrazone groups is 1. The fourth-order valence-electron chi connectivity index (χ4n) is 1.10. The van der Waals surface area contributed by atoms with Crippen LogP contribution in [0.2, 0.25) is 0 Å². The molecule has 8 heteroatoms. The number of nitrogens with zero attached hydrogens (tertiary/aromatic N) is 4. The summed E-state index contributed by atoms with van der Waals surface area (Å²) in [6, 6.07) is 6.18. The second-order valence-corrected chi connectivity index (χ2v) is 3.80. The van der Waals surface area contributed by atoms with Crippen LogP contribution in [-0.2, 0) is 0 Å². The van der Waals surface area contributed by atoms with E-state index in [1.54, 1.807) is 17.6 Å². The van der Waals surface area contributed by atoms with E-state index >= 15 is 0 Å². The molecular weight excluding hydrogens is 242 g/mol. The Morgan fingerprint density at radius 2 is 2.41 bits per heavy atom. The van der Waals surface area contributed by atoms with E-state index < -0.39 is 4.92 Å². The van der Waals surface area contributed by atoms with Gasteiger partial charge < -0.3 is 0 Å². The van der Waals surface area contributed by atoms with Gasteiger partial charge in [0.05, 0.1) is 11.1 Å². The Balaban J connectivity index is 2.05. The number of aromatic nitrogens is 2. The van der Waals surface area contributed by atoms with Crippen LogP contribution in [0.4, 0.5) is 10.8 Å². The third-order valence-electron chi connectivity index (χ3n) is 1.81. The Labute approximate surface area is 100.0 Å². The molecule has 0 aliphatic heterocycles. The van der Waals surface area contributed by atoms with E-state index in [1.165, 1.54) is 29.7 Å². The fourth-order valence-corrected chi connectivity index (χ4v) is 1.50. The minimum absolute atomic E-state index is 0.0323. The van der Waals surface area contributed by atoms with Gasteiger partial charge in [-0.05, 0) is 0 Å². The van der Waals surface area contributed by atoms with E-state index in [0.29, 0.717) is 10.7 Å². The van der Waals surface area contributed by atoms with Gasteiger partial charge >= 0.3 is 0 Å². The normalized spacial score (nSPS) is 10.6. The maximum Gasteiger partial charge on any atom is 0.270 e. The summed E-state index contributed by atoms with van der Waals surface area (Å²) in [7, 11) is 0. The Bertz CT molecular complexity index is 540. The molecule has 0 aliphatic carbocycles. The van der Waals surface area contributed by atoms with Crippen LogP contribution < -0.4 is 5.43 Å². The Kier molecular flexibility index (Phi) is 3.36. The number of hydrogen-bond donors (Lipinski definition) is 1. The molecule has 0 spiro atoms. The number of benzene rings is 1. The molecule has 86 valence electrons. The third kappa shape index (κ3) is 3.05. The van der Waals surface area contributed by atoms with Crippen molar-refractivity contribution in [3.8, 4) is 0 Å². The fraction of sp³-hybridized carbons (Fsp3) is 0.